The zero-order valence-electron chi connectivity index (χ0n) is 16.3. The first-order chi connectivity index (χ1) is 15.1. The summed E-state index contributed by atoms with van der Waals surface area (Å²) >= 11 is 4.37. The number of esters is 1. The van der Waals surface area contributed by atoms with Gasteiger partial charge < -0.3 is 14.8 Å². The van der Waals surface area contributed by atoms with Crippen LogP contribution in [-0.2, 0) is 9.53 Å². The summed E-state index contributed by atoms with van der Waals surface area (Å²) in [7, 11) is 1.31. The van der Waals surface area contributed by atoms with E-state index in [4.69, 9.17) is 4.74 Å². The highest BCUT2D eigenvalue weighted by Gasteiger charge is 2.17. The van der Waals surface area contributed by atoms with Crippen LogP contribution in [0.4, 0.5) is 5.69 Å². The zero-order valence-corrected chi connectivity index (χ0v) is 18.7. The SMILES string of the molecule is COC(=O)c1ccc(NC(=O)COc2nsnc2-c2cccc3ccccc23)c(Br)c1. The summed E-state index contributed by atoms with van der Waals surface area (Å²) in [5.74, 6) is -0.529. The van der Waals surface area contributed by atoms with Crippen LogP contribution in [-0.4, -0.2) is 34.3 Å². The van der Waals surface area contributed by atoms with E-state index in [-0.39, 0.29) is 12.5 Å². The second-order valence-electron chi connectivity index (χ2n) is 6.47. The van der Waals surface area contributed by atoms with Crippen molar-refractivity contribution in [3.8, 4) is 17.1 Å². The molecule has 0 atom stereocenters. The number of anilines is 1. The highest BCUT2D eigenvalue weighted by Crippen LogP contribution is 2.33. The number of nitrogens with one attached hydrogen (secondary N) is 1. The number of hydrogen-bond donors (Lipinski definition) is 1. The molecule has 9 heteroatoms. The number of rotatable bonds is 6. The molecule has 0 radical (unpaired) electrons. The fourth-order valence-corrected chi connectivity index (χ4v) is 4.04. The average molecular weight is 498 g/mol. The van der Waals surface area contributed by atoms with Crippen LogP contribution < -0.4 is 10.1 Å². The summed E-state index contributed by atoms with van der Waals surface area (Å²) in [5.41, 5.74) is 2.37. The van der Waals surface area contributed by atoms with Gasteiger partial charge in [0.15, 0.2) is 6.61 Å². The van der Waals surface area contributed by atoms with Crippen molar-refractivity contribution in [1.29, 1.82) is 0 Å². The smallest absolute Gasteiger partial charge is 0.337 e. The molecule has 7 nitrogen and oxygen atoms in total. The lowest BCUT2D eigenvalue weighted by Crippen LogP contribution is -2.20. The molecule has 1 aromatic heterocycles. The van der Waals surface area contributed by atoms with Crippen LogP contribution in [0.2, 0.25) is 0 Å². The number of carbonyl (C=O) groups excluding carboxylic acids is 2. The molecule has 0 fully saturated rings. The van der Waals surface area contributed by atoms with Gasteiger partial charge in [-0.15, -0.1) is 4.37 Å². The van der Waals surface area contributed by atoms with Gasteiger partial charge in [0.05, 0.1) is 30.1 Å². The van der Waals surface area contributed by atoms with Crippen LogP contribution in [0.5, 0.6) is 5.88 Å². The van der Waals surface area contributed by atoms with Crippen molar-refractivity contribution in [3.63, 3.8) is 0 Å². The number of nitrogens with zero attached hydrogens (tertiary/aromatic N) is 2. The number of aromatic nitrogens is 2. The van der Waals surface area contributed by atoms with Crippen LogP contribution in [0.25, 0.3) is 22.0 Å². The third-order valence-electron chi connectivity index (χ3n) is 4.51. The van der Waals surface area contributed by atoms with Gasteiger partial charge in [-0.1, -0.05) is 42.5 Å². The van der Waals surface area contributed by atoms with Crippen LogP contribution in [0.3, 0.4) is 0 Å². The molecule has 1 N–H and O–H groups in total. The normalized spacial score (nSPS) is 10.6. The molecule has 0 aliphatic rings. The van der Waals surface area contributed by atoms with Crippen LogP contribution in [0.1, 0.15) is 10.4 Å². The maximum atomic E-state index is 12.4. The number of fused-ring (bicyclic) bond motifs is 1. The maximum Gasteiger partial charge on any atom is 0.337 e. The van der Waals surface area contributed by atoms with E-state index in [1.165, 1.54) is 7.11 Å². The summed E-state index contributed by atoms with van der Waals surface area (Å²) in [6.07, 6.45) is 0. The minimum Gasteiger partial charge on any atom is -0.465 e. The van der Waals surface area contributed by atoms with Crippen molar-refractivity contribution in [2.45, 2.75) is 0 Å². The van der Waals surface area contributed by atoms with E-state index < -0.39 is 5.97 Å². The summed E-state index contributed by atoms with van der Waals surface area (Å²) in [6, 6.07) is 18.6. The molecule has 3 aromatic carbocycles. The van der Waals surface area contributed by atoms with E-state index in [0.29, 0.717) is 27.3 Å². The lowest BCUT2D eigenvalue weighted by Gasteiger charge is -2.10. The van der Waals surface area contributed by atoms with E-state index in [2.05, 4.69) is 34.7 Å². The van der Waals surface area contributed by atoms with Gasteiger partial charge >= 0.3 is 5.97 Å². The van der Waals surface area contributed by atoms with Crippen molar-refractivity contribution < 1.29 is 19.1 Å². The molecular weight excluding hydrogens is 482 g/mol. The van der Waals surface area contributed by atoms with Gasteiger partial charge in [0, 0.05) is 10.0 Å². The van der Waals surface area contributed by atoms with Gasteiger partial charge in [0.25, 0.3) is 11.8 Å². The number of carbonyl (C=O) groups is 2. The first-order valence-corrected chi connectivity index (χ1v) is 10.7. The fourth-order valence-electron chi connectivity index (χ4n) is 3.05. The Kier molecular flexibility index (Phi) is 6.24. The molecule has 0 saturated heterocycles. The Balaban J connectivity index is 1.47. The third kappa shape index (κ3) is 4.57. The first kappa shape index (κ1) is 21.0. The number of halogens is 1. The Morgan fingerprint density at radius 1 is 1.06 bits per heavy atom. The van der Waals surface area contributed by atoms with Crippen molar-refractivity contribution in [2.24, 2.45) is 0 Å². The molecule has 4 aromatic rings. The lowest BCUT2D eigenvalue weighted by molar-refractivity contribution is -0.118. The van der Waals surface area contributed by atoms with Gasteiger partial charge in [-0.05, 0) is 44.9 Å². The number of methoxy groups -OCH3 is 1. The topological polar surface area (TPSA) is 90.4 Å². The first-order valence-electron chi connectivity index (χ1n) is 9.18. The molecule has 1 amide bonds. The molecule has 31 heavy (non-hydrogen) atoms. The minimum atomic E-state index is -0.459. The number of hydrogen-bond acceptors (Lipinski definition) is 7. The van der Waals surface area contributed by atoms with Crippen molar-refractivity contribution in [3.05, 3.63) is 70.7 Å². The van der Waals surface area contributed by atoms with Crippen molar-refractivity contribution in [2.75, 3.05) is 19.0 Å². The summed E-state index contributed by atoms with van der Waals surface area (Å²) in [6.45, 7) is -0.242. The summed E-state index contributed by atoms with van der Waals surface area (Å²) < 4.78 is 19.5. The molecule has 0 spiro atoms. The second-order valence-corrected chi connectivity index (χ2v) is 7.85. The van der Waals surface area contributed by atoms with Crippen LogP contribution >= 0.6 is 27.7 Å². The van der Waals surface area contributed by atoms with Gasteiger partial charge in [-0.3, -0.25) is 4.79 Å². The van der Waals surface area contributed by atoms with Gasteiger partial charge in [0.2, 0.25) is 0 Å². The standard InChI is InChI=1S/C22H16BrN3O4S/c1-29-22(28)14-9-10-18(17(23)11-14)24-19(27)12-30-21-20(25-31-26-21)16-8-4-6-13-5-2-3-7-15(13)16/h2-11H,12H2,1H3,(H,24,27). The lowest BCUT2D eigenvalue weighted by atomic mass is 10.0. The zero-order chi connectivity index (χ0) is 21.8. The monoisotopic (exact) mass is 497 g/mol. The second kappa shape index (κ2) is 9.23. The highest BCUT2D eigenvalue weighted by molar-refractivity contribution is 9.10. The van der Waals surface area contributed by atoms with Crippen LogP contribution in [0.15, 0.2) is 65.1 Å². The van der Waals surface area contributed by atoms with Crippen LogP contribution in [0, 0.1) is 0 Å². The van der Waals surface area contributed by atoms with E-state index >= 15 is 0 Å². The predicted molar refractivity (Wildman–Crippen MR) is 122 cm³/mol. The van der Waals surface area contributed by atoms with Crippen molar-refractivity contribution in [1.82, 2.24) is 8.75 Å². The number of benzene rings is 3. The average Bonchev–Trinajstić information content (AvgIpc) is 3.26. The van der Waals surface area contributed by atoms with E-state index in [1.54, 1.807) is 18.2 Å². The Morgan fingerprint density at radius 3 is 2.68 bits per heavy atom. The predicted octanol–water partition coefficient (Wildman–Crippen LogP) is 4.92. The van der Waals surface area contributed by atoms with Gasteiger partial charge in [0.1, 0.15) is 5.69 Å². The van der Waals surface area contributed by atoms with E-state index in [0.717, 1.165) is 28.1 Å². The Hall–Kier alpha value is -3.30. The third-order valence-corrected chi connectivity index (χ3v) is 5.68. The summed E-state index contributed by atoms with van der Waals surface area (Å²) in [4.78, 5) is 24.0. The summed E-state index contributed by atoms with van der Waals surface area (Å²) in [5, 5.41) is 4.85. The Labute approximate surface area is 190 Å². The van der Waals surface area contributed by atoms with Gasteiger partial charge in [-0.2, -0.15) is 4.37 Å². The van der Waals surface area contributed by atoms with Gasteiger partial charge in [-0.25, -0.2) is 4.79 Å². The van der Waals surface area contributed by atoms with E-state index in [9.17, 15) is 9.59 Å². The minimum absolute atomic E-state index is 0.242. The fraction of sp³-hybridized carbons (Fsp3) is 0.0909. The van der Waals surface area contributed by atoms with Crippen molar-refractivity contribution >= 4 is 56.0 Å². The molecule has 0 aliphatic heterocycles. The molecular formula is C22H16BrN3O4S. The quantitative estimate of drug-likeness (QED) is 0.380. The number of amides is 1. The molecule has 1 heterocycles. The molecule has 4 rings (SSSR count). The molecule has 0 bridgehead atoms. The highest BCUT2D eigenvalue weighted by atomic mass is 79.9. The largest absolute Gasteiger partial charge is 0.465 e. The Bertz CT molecular complexity index is 1270. The molecule has 0 saturated carbocycles. The molecule has 156 valence electrons. The molecule has 0 aliphatic carbocycles. The Morgan fingerprint density at radius 2 is 1.87 bits per heavy atom. The number of ether oxygens (including phenoxy) is 2. The maximum absolute atomic E-state index is 12.4. The molecule has 0 unspecified atom stereocenters. The van der Waals surface area contributed by atoms with E-state index in [1.807, 2.05) is 42.5 Å².